The van der Waals surface area contributed by atoms with Gasteiger partial charge >= 0.3 is 0 Å². The van der Waals surface area contributed by atoms with Crippen molar-refractivity contribution in [2.75, 3.05) is 13.1 Å². The molecule has 1 saturated heterocycles. The molecular formula is C9H17NO. The van der Waals surface area contributed by atoms with Crippen LogP contribution >= 0.6 is 0 Å². The van der Waals surface area contributed by atoms with Crippen LogP contribution in [0.5, 0.6) is 0 Å². The molecule has 0 radical (unpaired) electrons. The van der Waals surface area contributed by atoms with Gasteiger partial charge in [-0.05, 0) is 19.9 Å². The number of carbonyl (C=O) groups excluding carboxylic acids is 1. The summed E-state index contributed by atoms with van der Waals surface area (Å²) in [4.78, 5) is 13.3. The van der Waals surface area contributed by atoms with E-state index in [9.17, 15) is 4.79 Å². The van der Waals surface area contributed by atoms with Gasteiger partial charge < -0.3 is 0 Å². The summed E-state index contributed by atoms with van der Waals surface area (Å²) in [5, 5.41) is 0. The van der Waals surface area contributed by atoms with Crippen molar-refractivity contribution in [2.45, 2.75) is 39.2 Å². The third-order valence-electron chi connectivity index (χ3n) is 2.32. The zero-order chi connectivity index (χ0) is 8.27. The molecule has 0 aromatic heterocycles. The van der Waals surface area contributed by atoms with Gasteiger partial charge in [0, 0.05) is 12.5 Å². The van der Waals surface area contributed by atoms with Crippen molar-refractivity contribution in [1.82, 2.24) is 4.90 Å². The zero-order valence-electron chi connectivity index (χ0n) is 7.47. The first-order valence-corrected chi connectivity index (χ1v) is 4.49. The average molecular weight is 155 g/mol. The van der Waals surface area contributed by atoms with Crippen molar-refractivity contribution >= 4 is 5.78 Å². The highest BCUT2D eigenvalue weighted by Gasteiger charge is 2.25. The van der Waals surface area contributed by atoms with E-state index in [2.05, 4.69) is 18.7 Å². The highest BCUT2D eigenvalue weighted by atomic mass is 16.1. The van der Waals surface area contributed by atoms with E-state index in [1.165, 1.54) is 12.8 Å². The molecule has 0 saturated carbocycles. The van der Waals surface area contributed by atoms with Gasteiger partial charge in [0.15, 0.2) is 0 Å². The van der Waals surface area contributed by atoms with Gasteiger partial charge in [0.1, 0.15) is 5.78 Å². The Kier molecular flexibility index (Phi) is 3.06. The lowest BCUT2D eigenvalue weighted by Gasteiger charge is -2.18. The highest BCUT2D eigenvalue weighted by Crippen LogP contribution is 2.13. The summed E-state index contributed by atoms with van der Waals surface area (Å²) in [6.07, 6.45) is 3.21. The second kappa shape index (κ2) is 3.86. The number of unbranched alkanes of at least 4 members (excludes halogenated alkanes) is 1. The van der Waals surface area contributed by atoms with Gasteiger partial charge in [-0.1, -0.05) is 13.3 Å². The predicted octanol–water partition coefficient (Wildman–Crippen LogP) is 1.45. The molecule has 0 amide bonds. The minimum atomic E-state index is 0.411. The van der Waals surface area contributed by atoms with Crippen LogP contribution in [0.4, 0.5) is 0 Å². The second-order valence-corrected chi connectivity index (χ2v) is 3.42. The number of nitrogens with zero attached hydrogens (tertiary/aromatic N) is 1. The molecular weight excluding hydrogens is 138 g/mol. The first kappa shape index (κ1) is 8.72. The Morgan fingerprint density at radius 2 is 2.36 bits per heavy atom. The lowest BCUT2D eigenvalue weighted by molar-refractivity contribution is -0.116. The molecule has 1 heterocycles. The number of ketones is 1. The minimum Gasteiger partial charge on any atom is -0.298 e. The Morgan fingerprint density at radius 1 is 1.64 bits per heavy atom. The van der Waals surface area contributed by atoms with Crippen LogP contribution in [0.3, 0.4) is 0 Å². The van der Waals surface area contributed by atoms with Crippen LogP contribution in [0, 0.1) is 0 Å². The molecule has 0 aliphatic carbocycles. The van der Waals surface area contributed by atoms with Crippen LogP contribution in [0.15, 0.2) is 0 Å². The molecule has 1 atom stereocenters. The standard InChI is InChI=1S/C9H17NO/c1-3-4-5-10-7-9(11)6-8(10)2/h8H,3-7H2,1-2H3. The molecule has 2 nitrogen and oxygen atoms in total. The van der Waals surface area contributed by atoms with E-state index >= 15 is 0 Å². The van der Waals surface area contributed by atoms with Gasteiger partial charge in [-0.25, -0.2) is 0 Å². The molecule has 0 aromatic rings. The van der Waals surface area contributed by atoms with Crippen LogP contribution in [-0.2, 0) is 4.79 Å². The number of hydrogen-bond acceptors (Lipinski definition) is 2. The molecule has 1 aliphatic heterocycles. The maximum atomic E-state index is 11.0. The van der Waals surface area contributed by atoms with Gasteiger partial charge in [-0.3, -0.25) is 9.69 Å². The van der Waals surface area contributed by atoms with Gasteiger partial charge in [0.25, 0.3) is 0 Å². The van der Waals surface area contributed by atoms with Crippen molar-refractivity contribution in [3.63, 3.8) is 0 Å². The second-order valence-electron chi connectivity index (χ2n) is 3.42. The Labute approximate surface area is 68.6 Å². The summed E-state index contributed by atoms with van der Waals surface area (Å²) in [5.74, 6) is 0.411. The molecule has 0 bridgehead atoms. The van der Waals surface area contributed by atoms with Crippen LogP contribution in [0.1, 0.15) is 33.1 Å². The summed E-state index contributed by atoms with van der Waals surface area (Å²) in [5.41, 5.74) is 0. The van der Waals surface area contributed by atoms with Crippen LogP contribution in [0.25, 0.3) is 0 Å². The Bertz CT molecular complexity index is 144. The van der Waals surface area contributed by atoms with E-state index in [4.69, 9.17) is 0 Å². The van der Waals surface area contributed by atoms with Crippen LogP contribution in [0.2, 0.25) is 0 Å². The van der Waals surface area contributed by atoms with Crippen molar-refractivity contribution in [3.8, 4) is 0 Å². The summed E-state index contributed by atoms with van der Waals surface area (Å²) < 4.78 is 0. The first-order valence-electron chi connectivity index (χ1n) is 4.49. The maximum Gasteiger partial charge on any atom is 0.148 e. The summed E-state index contributed by atoms with van der Waals surface area (Å²) >= 11 is 0. The zero-order valence-corrected chi connectivity index (χ0v) is 7.47. The topological polar surface area (TPSA) is 20.3 Å². The Hall–Kier alpha value is -0.370. The number of carbonyl (C=O) groups is 1. The molecule has 1 fully saturated rings. The largest absolute Gasteiger partial charge is 0.298 e. The van der Waals surface area contributed by atoms with Crippen molar-refractivity contribution in [2.24, 2.45) is 0 Å². The summed E-state index contributed by atoms with van der Waals surface area (Å²) in [7, 11) is 0. The van der Waals surface area contributed by atoms with E-state index < -0.39 is 0 Å². The van der Waals surface area contributed by atoms with Crippen LogP contribution in [-0.4, -0.2) is 29.8 Å². The molecule has 0 N–H and O–H groups in total. The first-order chi connectivity index (χ1) is 5.24. The molecule has 0 spiro atoms. The lowest BCUT2D eigenvalue weighted by Crippen LogP contribution is -2.28. The average Bonchev–Trinajstić information content (AvgIpc) is 2.26. The number of hydrogen-bond donors (Lipinski definition) is 0. The van der Waals surface area contributed by atoms with Gasteiger partial charge in [-0.2, -0.15) is 0 Å². The van der Waals surface area contributed by atoms with Gasteiger partial charge in [-0.15, -0.1) is 0 Å². The smallest absolute Gasteiger partial charge is 0.148 e. The molecule has 2 heteroatoms. The third-order valence-corrected chi connectivity index (χ3v) is 2.32. The van der Waals surface area contributed by atoms with Gasteiger partial charge in [0.05, 0.1) is 6.54 Å². The monoisotopic (exact) mass is 155 g/mol. The van der Waals surface area contributed by atoms with E-state index in [1.807, 2.05) is 0 Å². The maximum absolute atomic E-state index is 11.0. The highest BCUT2D eigenvalue weighted by molar-refractivity contribution is 5.83. The van der Waals surface area contributed by atoms with Crippen molar-refractivity contribution in [1.29, 1.82) is 0 Å². The molecule has 64 valence electrons. The summed E-state index contributed by atoms with van der Waals surface area (Å²) in [6, 6.07) is 0.494. The fourth-order valence-corrected chi connectivity index (χ4v) is 1.57. The number of Topliss-reactive ketones (excluding diaryl/α,β-unsaturated/α-hetero) is 1. The molecule has 11 heavy (non-hydrogen) atoms. The van der Waals surface area contributed by atoms with E-state index in [-0.39, 0.29) is 0 Å². The fourth-order valence-electron chi connectivity index (χ4n) is 1.57. The lowest BCUT2D eigenvalue weighted by atomic mass is 10.2. The molecule has 1 unspecified atom stereocenters. The SMILES string of the molecule is CCCCN1CC(=O)CC1C. The fraction of sp³-hybridized carbons (Fsp3) is 0.889. The molecule has 1 rings (SSSR count). The van der Waals surface area contributed by atoms with Gasteiger partial charge in [0.2, 0.25) is 0 Å². The van der Waals surface area contributed by atoms with Crippen LogP contribution < -0.4 is 0 Å². The van der Waals surface area contributed by atoms with Crippen molar-refractivity contribution in [3.05, 3.63) is 0 Å². The number of likely N-dealkylation sites (tertiary alicyclic amines) is 1. The predicted molar refractivity (Wildman–Crippen MR) is 45.6 cm³/mol. The molecule has 0 aromatic carbocycles. The van der Waals surface area contributed by atoms with E-state index in [1.54, 1.807) is 0 Å². The number of rotatable bonds is 3. The Morgan fingerprint density at radius 3 is 2.82 bits per heavy atom. The normalized spacial score (nSPS) is 26.4. The molecule has 1 aliphatic rings. The van der Waals surface area contributed by atoms with E-state index in [0.29, 0.717) is 18.4 Å². The van der Waals surface area contributed by atoms with E-state index in [0.717, 1.165) is 13.0 Å². The quantitative estimate of drug-likeness (QED) is 0.615. The van der Waals surface area contributed by atoms with Crippen molar-refractivity contribution < 1.29 is 4.79 Å². The Balaban J connectivity index is 2.28. The summed E-state index contributed by atoms with van der Waals surface area (Å²) in [6.45, 7) is 6.12. The minimum absolute atomic E-state index is 0.411. The third kappa shape index (κ3) is 2.29.